The highest BCUT2D eigenvalue weighted by Gasteiger charge is 2.15. The quantitative estimate of drug-likeness (QED) is 0.855. The van der Waals surface area contributed by atoms with Crippen molar-refractivity contribution in [2.75, 3.05) is 11.5 Å². The zero-order valence-electron chi connectivity index (χ0n) is 9.33. The summed E-state index contributed by atoms with van der Waals surface area (Å²) in [6.07, 6.45) is 5.90. The van der Waals surface area contributed by atoms with Gasteiger partial charge < -0.3 is 0 Å². The maximum Gasteiger partial charge on any atom is 0.150 e. The van der Waals surface area contributed by atoms with E-state index in [9.17, 15) is 0 Å². The molecule has 0 aromatic carbocycles. The lowest BCUT2D eigenvalue weighted by Gasteiger charge is -2.19. The first kappa shape index (κ1) is 11.0. The van der Waals surface area contributed by atoms with Crippen LogP contribution < -0.4 is 0 Å². The summed E-state index contributed by atoms with van der Waals surface area (Å²) < 4.78 is 0. The molecule has 1 aromatic rings. The van der Waals surface area contributed by atoms with Gasteiger partial charge in [-0.25, -0.2) is 4.98 Å². The summed E-state index contributed by atoms with van der Waals surface area (Å²) in [4.78, 5) is 4.52. The minimum atomic E-state index is 0.827. The van der Waals surface area contributed by atoms with Gasteiger partial charge in [-0.3, -0.25) is 5.10 Å². The highest BCUT2D eigenvalue weighted by Crippen LogP contribution is 2.24. The zero-order valence-corrected chi connectivity index (χ0v) is 10.1. The third-order valence-corrected chi connectivity index (χ3v) is 3.92. The molecule has 0 unspecified atom stereocenters. The van der Waals surface area contributed by atoms with Crippen molar-refractivity contribution in [3.8, 4) is 0 Å². The van der Waals surface area contributed by atoms with Crippen molar-refractivity contribution in [3.05, 3.63) is 11.6 Å². The standard InChI is InChI=1S/C11H19N3S/c1-2-3-10-12-11(14-13-10)8-9-4-6-15-7-5-9/h9H,2-8H2,1H3,(H,12,13,14). The number of rotatable bonds is 4. The number of aryl methyl sites for hydroxylation is 1. The largest absolute Gasteiger partial charge is 0.263 e. The van der Waals surface area contributed by atoms with Crippen molar-refractivity contribution in [1.82, 2.24) is 15.2 Å². The summed E-state index contributed by atoms with van der Waals surface area (Å²) in [5, 5.41) is 7.30. The number of hydrogen-bond acceptors (Lipinski definition) is 3. The van der Waals surface area contributed by atoms with Gasteiger partial charge in [0.2, 0.25) is 0 Å². The topological polar surface area (TPSA) is 41.6 Å². The van der Waals surface area contributed by atoms with Crippen LogP contribution in [0, 0.1) is 5.92 Å². The number of nitrogens with one attached hydrogen (secondary N) is 1. The van der Waals surface area contributed by atoms with Gasteiger partial charge in [-0.05, 0) is 36.7 Å². The van der Waals surface area contributed by atoms with Crippen molar-refractivity contribution in [3.63, 3.8) is 0 Å². The Morgan fingerprint density at radius 3 is 2.93 bits per heavy atom. The van der Waals surface area contributed by atoms with Crippen molar-refractivity contribution in [2.24, 2.45) is 5.92 Å². The molecule has 1 aromatic heterocycles. The van der Waals surface area contributed by atoms with E-state index in [-0.39, 0.29) is 0 Å². The van der Waals surface area contributed by atoms with E-state index < -0.39 is 0 Å². The molecule has 0 aliphatic carbocycles. The lowest BCUT2D eigenvalue weighted by molar-refractivity contribution is 0.477. The Morgan fingerprint density at radius 2 is 2.20 bits per heavy atom. The Kier molecular flexibility index (Phi) is 4.06. The fraction of sp³-hybridized carbons (Fsp3) is 0.818. The third-order valence-electron chi connectivity index (χ3n) is 2.87. The van der Waals surface area contributed by atoms with Crippen LogP contribution in [0.1, 0.15) is 37.8 Å². The van der Waals surface area contributed by atoms with E-state index in [0.29, 0.717) is 0 Å². The third kappa shape index (κ3) is 3.23. The van der Waals surface area contributed by atoms with Gasteiger partial charge in [0, 0.05) is 12.8 Å². The number of nitrogens with zero attached hydrogens (tertiary/aromatic N) is 2. The molecule has 15 heavy (non-hydrogen) atoms. The molecule has 1 saturated heterocycles. The van der Waals surface area contributed by atoms with Crippen LogP contribution in [0.25, 0.3) is 0 Å². The molecule has 3 nitrogen and oxygen atoms in total. The summed E-state index contributed by atoms with van der Waals surface area (Å²) in [6.45, 7) is 2.16. The summed E-state index contributed by atoms with van der Waals surface area (Å²) >= 11 is 2.08. The highest BCUT2D eigenvalue weighted by molar-refractivity contribution is 7.99. The molecule has 1 aliphatic rings. The van der Waals surface area contributed by atoms with E-state index in [4.69, 9.17) is 0 Å². The Hall–Kier alpha value is -0.510. The van der Waals surface area contributed by atoms with E-state index in [2.05, 4.69) is 33.9 Å². The molecule has 0 amide bonds. The van der Waals surface area contributed by atoms with Crippen LogP contribution >= 0.6 is 11.8 Å². The summed E-state index contributed by atoms with van der Waals surface area (Å²) in [7, 11) is 0. The molecule has 84 valence electrons. The fourth-order valence-corrected chi connectivity index (χ4v) is 3.19. The molecular weight excluding hydrogens is 206 g/mol. The summed E-state index contributed by atoms with van der Waals surface area (Å²) in [5.41, 5.74) is 0. The monoisotopic (exact) mass is 225 g/mol. The van der Waals surface area contributed by atoms with E-state index in [0.717, 1.165) is 36.8 Å². The normalized spacial score (nSPS) is 18.2. The second-order valence-corrected chi connectivity index (χ2v) is 5.43. The average Bonchev–Trinajstić information content (AvgIpc) is 2.68. The van der Waals surface area contributed by atoms with E-state index in [1.165, 1.54) is 24.3 Å². The molecule has 0 bridgehead atoms. The van der Waals surface area contributed by atoms with Crippen LogP contribution in [0.15, 0.2) is 0 Å². The second-order valence-electron chi connectivity index (χ2n) is 4.21. The number of H-pyrrole nitrogens is 1. The first-order valence-corrected chi connectivity index (χ1v) is 7.02. The van der Waals surface area contributed by atoms with Gasteiger partial charge in [0.25, 0.3) is 0 Å². The van der Waals surface area contributed by atoms with Crippen LogP contribution in [0.3, 0.4) is 0 Å². The first-order valence-electron chi connectivity index (χ1n) is 5.86. The van der Waals surface area contributed by atoms with Gasteiger partial charge in [0.1, 0.15) is 5.82 Å². The van der Waals surface area contributed by atoms with Gasteiger partial charge >= 0.3 is 0 Å². The highest BCUT2D eigenvalue weighted by atomic mass is 32.2. The van der Waals surface area contributed by atoms with E-state index >= 15 is 0 Å². The fourth-order valence-electron chi connectivity index (χ4n) is 1.99. The molecule has 2 heterocycles. The molecule has 0 saturated carbocycles. The molecule has 0 atom stereocenters. The smallest absolute Gasteiger partial charge is 0.150 e. The molecular formula is C11H19N3S. The summed E-state index contributed by atoms with van der Waals surface area (Å²) in [5.74, 6) is 5.54. The Morgan fingerprint density at radius 1 is 1.40 bits per heavy atom. The predicted octanol–water partition coefficient (Wildman–Crippen LogP) is 2.44. The molecule has 1 aliphatic heterocycles. The van der Waals surface area contributed by atoms with Crippen LogP contribution in [0.5, 0.6) is 0 Å². The molecule has 0 radical (unpaired) electrons. The van der Waals surface area contributed by atoms with Gasteiger partial charge in [-0.2, -0.15) is 16.9 Å². The molecule has 1 N–H and O–H groups in total. The van der Waals surface area contributed by atoms with Gasteiger partial charge in [-0.1, -0.05) is 6.92 Å². The predicted molar refractivity (Wildman–Crippen MR) is 64.1 cm³/mol. The lowest BCUT2D eigenvalue weighted by atomic mass is 9.99. The average molecular weight is 225 g/mol. The first-order chi connectivity index (χ1) is 7.38. The Bertz CT molecular complexity index is 292. The van der Waals surface area contributed by atoms with Gasteiger partial charge in [0.15, 0.2) is 5.82 Å². The minimum Gasteiger partial charge on any atom is -0.263 e. The second kappa shape index (κ2) is 5.54. The van der Waals surface area contributed by atoms with Crippen molar-refractivity contribution in [2.45, 2.75) is 39.0 Å². The van der Waals surface area contributed by atoms with Crippen LogP contribution in [-0.2, 0) is 12.8 Å². The number of aromatic amines is 1. The Balaban J connectivity index is 1.86. The van der Waals surface area contributed by atoms with Gasteiger partial charge in [0.05, 0.1) is 0 Å². The molecule has 0 spiro atoms. The van der Waals surface area contributed by atoms with Crippen LogP contribution in [-0.4, -0.2) is 26.7 Å². The van der Waals surface area contributed by atoms with Crippen molar-refractivity contribution < 1.29 is 0 Å². The number of aromatic nitrogens is 3. The summed E-state index contributed by atoms with van der Waals surface area (Å²) in [6, 6.07) is 0. The minimum absolute atomic E-state index is 0.827. The number of thioether (sulfide) groups is 1. The van der Waals surface area contributed by atoms with Crippen molar-refractivity contribution in [1.29, 1.82) is 0 Å². The SMILES string of the molecule is CCCc1n[nH]c(CC2CCSCC2)n1. The van der Waals surface area contributed by atoms with Crippen LogP contribution in [0.4, 0.5) is 0 Å². The van der Waals surface area contributed by atoms with Gasteiger partial charge in [-0.15, -0.1) is 0 Å². The molecule has 4 heteroatoms. The van der Waals surface area contributed by atoms with E-state index in [1.807, 2.05) is 0 Å². The lowest BCUT2D eigenvalue weighted by Crippen LogP contribution is -2.13. The molecule has 2 rings (SSSR count). The van der Waals surface area contributed by atoms with E-state index in [1.54, 1.807) is 0 Å². The van der Waals surface area contributed by atoms with Crippen molar-refractivity contribution >= 4 is 11.8 Å². The maximum atomic E-state index is 4.52. The number of hydrogen-bond donors (Lipinski definition) is 1. The zero-order chi connectivity index (χ0) is 10.5. The Labute approximate surface area is 95.5 Å². The molecule has 1 fully saturated rings. The van der Waals surface area contributed by atoms with Crippen LogP contribution in [0.2, 0.25) is 0 Å². The maximum absolute atomic E-state index is 4.52.